The Hall–Kier alpha value is -1.72. The Morgan fingerprint density at radius 1 is 0.700 bits per heavy atom. The third-order valence-electron chi connectivity index (χ3n) is 3.99. The van der Waals surface area contributed by atoms with Crippen LogP contribution in [0.5, 0.6) is 0 Å². The van der Waals surface area contributed by atoms with Crippen molar-refractivity contribution < 1.29 is 19.2 Å². The Labute approximate surface area is 117 Å². The molecule has 2 heterocycles. The number of hydrogen-bond donors (Lipinski definition) is 2. The molecular formula is C14H20N2O4. The van der Waals surface area contributed by atoms with Gasteiger partial charge in [0.15, 0.2) is 0 Å². The molecule has 0 aromatic rings. The minimum absolute atomic E-state index is 0.142. The smallest absolute Gasteiger partial charge is 0.230 e. The fourth-order valence-corrected chi connectivity index (χ4v) is 2.82. The first-order chi connectivity index (χ1) is 9.56. The summed E-state index contributed by atoms with van der Waals surface area (Å²) in [6.45, 7) is 0. The third-order valence-corrected chi connectivity index (χ3v) is 3.99. The molecule has 2 rings (SSSR count). The summed E-state index contributed by atoms with van der Waals surface area (Å²) < 4.78 is 0. The Kier molecular flexibility index (Phi) is 4.87. The van der Waals surface area contributed by atoms with Crippen LogP contribution in [0.15, 0.2) is 0 Å². The van der Waals surface area contributed by atoms with Gasteiger partial charge in [-0.25, -0.2) is 0 Å². The van der Waals surface area contributed by atoms with Gasteiger partial charge >= 0.3 is 0 Å². The molecule has 2 saturated heterocycles. The van der Waals surface area contributed by atoms with Crippen LogP contribution in [0.3, 0.4) is 0 Å². The lowest BCUT2D eigenvalue weighted by Gasteiger charge is -2.07. The SMILES string of the molecule is O=C1CC(CCCCCCC2CC(=O)NC2=O)C(=O)N1. The van der Waals surface area contributed by atoms with Crippen LogP contribution in [0.2, 0.25) is 0 Å². The van der Waals surface area contributed by atoms with Gasteiger partial charge in [0.05, 0.1) is 0 Å². The van der Waals surface area contributed by atoms with Crippen molar-refractivity contribution in [3.05, 3.63) is 0 Å². The summed E-state index contributed by atoms with van der Waals surface area (Å²) >= 11 is 0. The van der Waals surface area contributed by atoms with E-state index in [1.165, 1.54) is 0 Å². The predicted molar refractivity (Wildman–Crippen MR) is 70.2 cm³/mol. The average molecular weight is 280 g/mol. The van der Waals surface area contributed by atoms with Gasteiger partial charge in [-0.1, -0.05) is 25.7 Å². The van der Waals surface area contributed by atoms with Crippen molar-refractivity contribution in [3.8, 4) is 0 Å². The zero-order valence-corrected chi connectivity index (χ0v) is 11.4. The molecule has 2 unspecified atom stereocenters. The van der Waals surface area contributed by atoms with Crippen LogP contribution in [0.1, 0.15) is 51.4 Å². The fourth-order valence-electron chi connectivity index (χ4n) is 2.82. The van der Waals surface area contributed by atoms with E-state index in [1.54, 1.807) is 0 Å². The zero-order valence-electron chi connectivity index (χ0n) is 11.4. The lowest BCUT2D eigenvalue weighted by molar-refractivity contribution is -0.127. The Morgan fingerprint density at radius 3 is 1.40 bits per heavy atom. The largest absolute Gasteiger partial charge is 0.296 e. The summed E-state index contributed by atoms with van der Waals surface area (Å²) in [7, 11) is 0. The van der Waals surface area contributed by atoms with Gasteiger partial charge in [-0.15, -0.1) is 0 Å². The van der Waals surface area contributed by atoms with Crippen molar-refractivity contribution in [2.45, 2.75) is 51.4 Å². The fraction of sp³-hybridized carbons (Fsp3) is 0.714. The Morgan fingerprint density at radius 2 is 1.10 bits per heavy atom. The molecule has 0 saturated carbocycles. The molecule has 0 aliphatic carbocycles. The molecule has 2 aliphatic heterocycles. The van der Waals surface area contributed by atoms with Crippen LogP contribution in [0.4, 0.5) is 0 Å². The maximum absolute atomic E-state index is 11.3. The zero-order chi connectivity index (χ0) is 14.5. The summed E-state index contributed by atoms with van der Waals surface area (Å²) in [5.41, 5.74) is 0. The molecule has 2 atom stereocenters. The van der Waals surface area contributed by atoms with Gasteiger partial charge in [0.2, 0.25) is 23.6 Å². The molecule has 6 heteroatoms. The van der Waals surface area contributed by atoms with E-state index in [9.17, 15) is 19.2 Å². The molecule has 20 heavy (non-hydrogen) atoms. The number of carbonyl (C=O) groups excluding carboxylic acids is 4. The van der Waals surface area contributed by atoms with Gasteiger partial charge < -0.3 is 0 Å². The lowest BCUT2D eigenvalue weighted by atomic mass is 9.96. The molecule has 6 nitrogen and oxygen atoms in total. The molecule has 0 spiro atoms. The molecule has 2 fully saturated rings. The van der Waals surface area contributed by atoms with Crippen molar-refractivity contribution in [2.24, 2.45) is 11.8 Å². The van der Waals surface area contributed by atoms with Crippen LogP contribution in [-0.4, -0.2) is 23.6 Å². The van der Waals surface area contributed by atoms with E-state index < -0.39 is 0 Å². The highest BCUT2D eigenvalue weighted by Gasteiger charge is 2.30. The van der Waals surface area contributed by atoms with Crippen LogP contribution >= 0.6 is 0 Å². The van der Waals surface area contributed by atoms with E-state index in [1.807, 2.05) is 0 Å². The van der Waals surface area contributed by atoms with E-state index in [0.29, 0.717) is 12.8 Å². The first kappa shape index (κ1) is 14.7. The van der Waals surface area contributed by atoms with Crippen LogP contribution < -0.4 is 10.6 Å². The minimum Gasteiger partial charge on any atom is -0.296 e. The van der Waals surface area contributed by atoms with E-state index in [-0.39, 0.29) is 35.5 Å². The minimum atomic E-state index is -0.170. The quantitative estimate of drug-likeness (QED) is 0.529. The molecule has 110 valence electrons. The monoisotopic (exact) mass is 280 g/mol. The second kappa shape index (κ2) is 6.63. The molecular weight excluding hydrogens is 260 g/mol. The van der Waals surface area contributed by atoms with E-state index in [4.69, 9.17) is 0 Å². The highest BCUT2D eigenvalue weighted by Crippen LogP contribution is 2.21. The topological polar surface area (TPSA) is 92.3 Å². The predicted octanol–water partition coefficient (Wildman–Crippen LogP) is 0.652. The second-order valence-electron chi connectivity index (χ2n) is 5.62. The number of rotatable bonds is 7. The van der Waals surface area contributed by atoms with E-state index >= 15 is 0 Å². The normalized spacial score (nSPS) is 26.0. The molecule has 0 aromatic carbocycles. The van der Waals surface area contributed by atoms with Gasteiger partial charge in [-0.2, -0.15) is 0 Å². The standard InChI is InChI=1S/C14H20N2O4/c17-11-7-9(13(19)15-11)5-3-1-2-4-6-10-8-12(18)16-14(10)20/h9-10H,1-8H2,(H,15,17,19)(H,16,18,20). The molecule has 2 aliphatic rings. The Balaban J connectivity index is 1.52. The highest BCUT2D eigenvalue weighted by atomic mass is 16.2. The van der Waals surface area contributed by atoms with Crippen LogP contribution in [0.25, 0.3) is 0 Å². The van der Waals surface area contributed by atoms with Crippen molar-refractivity contribution >= 4 is 23.6 Å². The van der Waals surface area contributed by atoms with Gasteiger partial charge in [-0.05, 0) is 12.8 Å². The molecule has 2 N–H and O–H groups in total. The number of carbonyl (C=O) groups is 4. The molecule has 4 amide bonds. The van der Waals surface area contributed by atoms with Gasteiger partial charge in [-0.3, -0.25) is 29.8 Å². The maximum Gasteiger partial charge on any atom is 0.230 e. The summed E-state index contributed by atoms with van der Waals surface area (Å²) in [6.07, 6.45) is 5.95. The van der Waals surface area contributed by atoms with Crippen molar-refractivity contribution in [2.75, 3.05) is 0 Å². The second-order valence-corrected chi connectivity index (χ2v) is 5.62. The number of nitrogens with one attached hydrogen (secondary N) is 2. The lowest BCUT2D eigenvalue weighted by Crippen LogP contribution is -2.22. The summed E-state index contributed by atoms with van der Waals surface area (Å²) in [5.74, 6) is -0.928. The van der Waals surface area contributed by atoms with Crippen molar-refractivity contribution in [1.82, 2.24) is 10.6 Å². The van der Waals surface area contributed by atoms with Gasteiger partial charge in [0, 0.05) is 24.7 Å². The highest BCUT2D eigenvalue weighted by molar-refractivity contribution is 6.03. The maximum atomic E-state index is 11.3. The third kappa shape index (κ3) is 3.88. The van der Waals surface area contributed by atoms with Crippen molar-refractivity contribution in [1.29, 1.82) is 0 Å². The summed E-state index contributed by atoms with van der Waals surface area (Å²) in [5, 5.41) is 4.62. The summed E-state index contributed by atoms with van der Waals surface area (Å²) in [4.78, 5) is 44.7. The van der Waals surface area contributed by atoms with Crippen molar-refractivity contribution in [3.63, 3.8) is 0 Å². The van der Waals surface area contributed by atoms with Gasteiger partial charge in [0.25, 0.3) is 0 Å². The van der Waals surface area contributed by atoms with Crippen LogP contribution in [-0.2, 0) is 19.2 Å². The first-order valence-corrected chi connectivity index (χ1v) is 7.23. The van der Waals surface area contributed by atoms with E-state index in [0.717, 1.165) is 38.5 Å². The average Bonchev–Trinajstić information content (AvgIpc) is 2.86. The number of hydrogen-bond acceptors (Lipinski definition) is 4. The number of imide groups is 2. The first-order valence-electron chi connectivity index (χ1n) is 7.23. The molecule has 0 aromatic heterocycles. The number of unbranched alkanes of at least 4 members (excludes halogenated alkanes) is 3. The number of amides is 4. The van der Waals surface area contributed by atoms with E-state index in [2.05, 4.69) is 10.6 Å². The molecule has 0 radical (unpaired) electrons. The Bertz CT molecular complexity index is 393. The summed E-state index contributed by atoms with van der Waals surface area (Å²) in [6, 6.07) is 0. The van der Waals surface area contributed by atoms with Crippen LogP contribution in [0, 0.1) is 11.8 Å². The van der Waals surface area contributed by atoms with Gasteiger partial charge in [0.1, 0.15) is 0 Å². The molecule has 0 bridgehead atoms.